The van der Waals surface area contributed by atoms with E-state index in [0.29, 0.717) is 6.42 Å². The molecule has 1 aromatic heterocycles. The first-order valence-corrected chi connectivity index (χ1v) is 8.14. The third-order valence-corrected chi connectivity index (χ3v) is 5.55. The highest BCUT2D eigenvalue weighted by Gasteiger charge is 2.34. The van der Waals surface area contributed by atoms with Crippen molar-refractivity contribution in [1.82, 2.24) is 9.55 Å². The maximum atomic E-state index is 11.4. The summed E-state index contributed by atoms with van der Waals surface area (Å²) in [5.74, 6) is 0.496. The first-order chi connectivity index (χ1) is 8.03. The number of hydrogen-bond acceptors (Lipinski definition) is 3. The summed E-state index contributed by atoms with van der Waals surface area (Å²) in [6.45, 7) is 2.96. The lowest BCUT2D eigenvalue weighted by molar-refractivity contribution is 0.532. The molecule has 1 saturated heterocycles. The molecule has 1 fully saturated rings. The Hall–Kier alpha value is -0.550. The molecule has 96 valence electrons. The molecule has 0 bridgehead atoms. The standard InChI is InChI=1S/C11H17ClN2O2S/c1-2-4-14-8-13-6-10(14)11(12)9-3-5-17(15,16)7-9/h6,8-9,11H,2-5,7H2,1H3. The summed E-state index contributed by atoms with van der Waals surface area (Å²) in [5.41, 5.74) is 0.940. The second-order valence-corrected chi connectivity index (χ2v) is 7.28. The van der Waals surface area contributed by atoms with E-state index in [2.05, 4.69) is 11.9 Å². The molecule has 0 N–H and O–H groups in total. The van der Waals surface area contributed by atoms with Gasteiger partial charge in [0.1, 0.15) is 0 Å². The lowest BCUT2D eigenvalue weighted by Crippen LogP contribution is -2.14. The molecule has 1 aliphatic heterocycles. The van der Waals surface area contributed by atoms with Crippen LogP contribution in [0.4, 0.5) is 0 Å². The van der Waals surface area contributed by atoms with E-state index >= 15 is 0 Å². The Morgan fingerprint density at radius 1 is 1.65 bits per heavy atom. The monoisotopic (exact) mass is 276 g/mol. The number of halogens is 1. The fourth-order valence-electron chi connectivity index (χ4n) is 2.28. The highest BCUT2D eigenvalue weighted by atomic mass is 35.5. The van der Waals surface area contributed by atoms with Crippen molar-refractivity contribution in [2.75, 3.05) is 11.5 Å². The molecule has 0 aromatic carbocycles. The Morgan fingerprint density at radius 2 is 2.41 bits per heavy atom. The number of hydrogen-bond donors (Lipinski definition) is 0. The van der Waals surface area contributed by atoms with Crippen LogP contribution in [-0.4, -0.2) is 29.5 Å². The second kappa shape index (κ2) is 4.98. The van der Waals surface area contributed by atoms with Gasteiger partial charge in [-0.1, -0.05) is 6.92 Å². The Bertz CT molecular complexity index is 483. The minimum Gasteiger partial charge on any atom is -0.333 e. The Morgan fingerprint density at radius 3 is 3.00 bits per heavy atom. The second-order valence-electron chi connectivity index (χ2n) is 4.58. The van der Waals surface area contributed by atoms with Crippen molar-refractivity contribution in [3.8, 4) is 0 Å². The minimum absolute atomic E-state index is 0.0222. The van der Waals surface area contributed by atoms with Gasteiger partial charge in [0.2, 0.25) is 0 Å². The molecule has 2 rings (SSSR count). The SMILES string of the molecule is CCCn1cncc1C(Cl)C1CCS(=O)(=O)C1. The molecule has 2 atom stereocenters. The molecular weight excluding hydrogens is 260 g/mol. The molecule has 2 unspecified atom stereocenters. The van der Waals surface area contributed by atoms with Gasteiger partial charge in [-0.2, -0.15) is 0 Å². The third-order valence-electron chi connectivity index (χ3n) is 3.17. The van der Waals surface area contributed by atoms with E-state index in [9.17, 15) is 8.42 Å². The Kier molecular flexibility index (Phi) is 3.78. The molecule has 1 aromatic rings. The smallest absolute Gasteiger partial charge is 0.150 e. The average Bonchev–Trinajstić information content (AvgIpc) is 2.84. The quantitative estimate of drug-likeness (QED) is 0.791. The van der Waals surface area contributed by atoms with E-state index in [1.54, 1.807) is 12.5 Å². The van der Waals surface area contributed by atoms with Crippen LogP contribution in [0.25, 0.3) is 0 Å². The van der Waals surface area contributed by atoms with Crippen LogP contribution in [0.15, 0.2) is 12.5 Å². The topological polar surface area (TPSA) is 52.0 Å². The molecule has 0 radical (unpaired) electrons. The Balaban J connectivity index is 2.14. The number of rotatable bonds is 4. The maximum Gasteiger partial charge on any atom is 0.150 e. The van der Waals surface area contributed by atoms with Crippen molar-refractivity contribution in [3.63, 3.8) is 0 Å². The van der Waals surface area contributed by atoms with Gasteiger partial charge in [-0.15, -0.1) is 11.6 Å². The van der Waals surface area contributed by atoms with E-state index in [1.807, 2.05) is 4.57 Å². The van der Waals surface area contributed by atoms with Gasteiger partial charge >= 0.3 is 0 Å². The van der Waals surface area contributed by atoms with Crippen LogP contribution in [0.1, 0.15) is 30.8 Å². The molecule has 1 aliphatic rings. The number of sulfone groups is 1. The highest BCUT2D eigenvalue weighted by molar-refractivity contribution is 7.91. The summed E-state index contributed by atoms with van der Waals surface area (Å²) in [6, 6.07) is 0. The van der Waals surface area contributed by atoms with Gasteiger partial charge < -0.3 is 4.57 Å². The number of aromatic nitrogens is 2. The van der Waals surface area contributed by atoms with Gasteiger partial charge in [0.25, 0.3) is 0 Å². The summed E-state index contributed by atoms with van der Waals surface area (Å²) in [7, 11) is -2.87. The normalized spacial score (nSPS) is 24.9. The first kappa shape index (κ1) is 12.9. The molecule has 0 saturated carbocycles. The third kappa shape index (κ3) is 2.83. The van der Waals surface area contributed by atoms with E-state index < -0.39 is 9.84 Å². The molecule has 0 amide bonds. The molecule has 2 heterocycles. The molecule has 4 nitrogen and oxygen atoms in total. The van der Waals surface area contributed by atoms with Gasteiger partial charge in [0, 0.05) is 12.7 Å². The van der Waals surface area contributed by atoms with E-state index in [0.717, 1.165) is 18.7 Å². The average molecular weight is 277 g/mol. The summed E-state index contributed by atoms with van der Waals surface area (Å²) >= 11 is 6.40. The maximum absolute atomic E-state index is 11.4. The van der Waals surface area contributed by atoms with Crippen molar-refractivity contribution < 1.29 is 8.42 Å². The van der Waals surface area contributed by atoms with Crippen molar-refractivity contribution in [2.24, 2.45) is 5.92 Å². The van der Waals surface area contributed by atoms with Crippen LogP contribution in [-0.2, 0) is 16.4 Å². The van der Waals surface area contributed by atoms with Gasteiger partial charge in [0.15, 0.2) is 9.84 Å². The molecule has 0 aliphatic carbocycles. The van der Waals surface area contributed by atoms with E-state index in [4.69, 9.17) is 11.6 Å². The van der Waals surface area contributed by atoms with Crippen molar-refractivity contribution in [2.45, 2.75) is 31.7 Å². The number of aryl methyl sites for hydroxylation is 1. The van der Waals surface area contributed by atoms with Gasteiger partial charge in [-0.3, -0.25) is 0 Å². The minimum atomic E-state index is -2.87. The number of nitrogens with zero attached hydrogens (tertiary/aromatic N) is 2. The first-order valence-electron chi connectivity index (χ1n) is 5.88. The summed E-state index contributed by atoms with van der Waals surface area (Å²) < 4.78 is 24.9. The lowest BCUT2D eigenvalue weighted by atomic mass is 10.0. The van der Waals surface area contributed by atoms with Gasteiger partial charge in [-0.05, 0) is 18.8 Å². The van der Waals surface area contributed by atoms with Crippen LogP contribution >= 0.6 is 11.6 Å². The largest absolute Gasteiger partial charge is 0.333 e. The molecule has 17 heavy (non-hydrogen) atoms. The predicted octanol–water partition coefficient (Wildman–Crippen LogP) is 2.01. The zero-order valence-corrected chi connectivity index (χ0v) is 11.4. The molecular formula is C11H17ClN2O2S. The summed E-state index contributed by atoms with van der Waals surface area (Å²) in [4.78, 5) is 4.10. The van der Waals surface area contributed by atoms with E-state index in [-0.39, 0.29) is 22.8 Å². The van der Waals surface area contributed by atoms with Crippen LogP contribution < -0.4 is 0 Å². The number of alkyl halides is 1. The molecule has 0 spiro atoms. The van der Waals surface area contributed by atoms with Crippen LogP contribution in [0, 0.1) is 5.92 Å². The van der Waals surface area contributed by atoms with Crippen molar-refractivity contribution in [1.29, 1.82) is 0 Å². The van der Waals surface area contributed by atoms with Crippen molar-refractivity contribution in [3.05, 3.63) is 18.2 Å². The van der Waals surface area contributed by atoms with Crippen LogP contribution in [0.5, 0.6) is 0 Å². The number of imidazole rings is 1. The van der Waals surface area contributed by atoms with Gasteiger partial charge in [-0.25, -0.2) is 13.4 Å². The van der Waals surface area contributed by atoms with Crippen LogP contribution in [0.2, 0.25) is 0 Å². The lowest BCUT2D eigenvalue weighted by Gasteiger charge is -2.17. The highest BCUT2D eigenvalue weighted by Crippen LogP contribution is 2.36. The summed E-state index contributed by atoms with van der Waals surface area (Å²) in [6.07, 6.45) is 5.18. The zero-order chi connectivity index (χ0) is 12.5. The fourth-order valence-corrected chi connectivity index (χ4v) is 4.63. The van der Waals surface area contributed by atoms with E-state index in [1.165, 1.54) is 0 Å². The molecule has 6 heteroatoms. The van der Waals surface area contributed by atoms with Crippen molar-refractivity contribution >= 4 is 21.4 Å². The van der Waals surface area contributed by atoms with Crippen LogP contribution in [0.3, 0.4) is 0 Å². The summed E-state index contributed by atoms with van der Waals surface area (Å²) in [5, 5.41) is -0.249. The van der Waals surface area contributed by atoms with Gasteiger partial charge in [0.05, 0.1) is 28.9 Å². The fraction of sp³-hybridized carbons (Fsp3) is 0.727. The predicted molar refractivity (Wildman–Crippen MR) is 67.9 cm³/mol. The zero-order valence-electron chi connectivity index (χ0n) is 9.84. The Labute approximate surface area is 107 Å².